The topological polar surface area (TPSA) is 89.3 Å². The fourth-order valence-electron chi connectivity index (χ4n) is 1.96. The lowest BCUT2D eigenvalue weighted by Crippen LogP contribution is -2.32. The number of Topliss-reactive ketones (excluding diaryl/α,β-unsaturated/α-hetero) is 1. The Kier molecular flexibility index (Phi) is 4.82. The second-order valence-corrected chi connectivity index (χ2v) is 6.90. The van der Waals surface area contributed by atoms with Crippen LogP contribution >= 0.6 is 23.2 Å². The lowest BCUT2D eigenvalue weighted by Gasteiger charge is -2.17. The first-order chi connectivity index (χ1) is 11.0. The third-order valence-electron chi connectivity index (χ3n) is 3.22. The van der Waals surface area contributed by atoms with Crippen LogP contribution in [0.2, 0.25) is 10.0 Å². The van der Waals surface area contributed by atoms with Crippen molar-refractivity contribution in [2.45, 2.75) is 20.8 Å². The second-order valence-electron chi connectivity index (χ2n) is 6.12. The molecule has 0 atom stereocenters. The van der Waals surface area contributed by atoms with E-state index in [4.69, 9.17) is 23.2 Å². The van der Waals surface area contributed by atoms with Crippen molar-refractivity contribution in [1.29, 1.82) is 0 Å². The first-order valence-corrected chi connectivity index (χ1v) is 7.66. The average molecular weight is 369 g/mol. The highest BCUT2D eigenvalue weighted by molar-refractivity contribution is 6.43. The minimum Gasteiger partial charge on any atom is -0.477 e. The zero-order chi connectivity index (χ0) is 18.2. The molecule has 1 aromatic carbocycles. The van der Waals surface area contributed by atoms with Gasteiger partial charge >= 0.3 is 5.97 Å². The molecule has 126 valence electrons. The lowest BCUT2D eigenvalue weighted by molar-refractivity contribution is 0.0694. The first-order valence-electron chi connectivity index (χ1n) is 6.91. The molecule has 0 spiro atoms. The Morgan fingerprint density at radius 2 is 1.83 bits per heavy atom. The highest BCUT2D eigenvalue weighted by Crippen LogP contribution is 2.27. The summed E-state index contributed by atoms with van der Waals surface area (Å²) in [6, 6.07) is 5.49. The van der Waals surface area contributed by atoms with Crippen molar-refractivity contribution in [1.82, 2.24) is 9.78 Å². The molecule has 1 N–H and O–H groups in total. The first kappa shape index (κ1) is 18.2. The minimum absolute atomic E-state index is 0.0328. The molecule has 0 aliphatic rings. The van der Waals surface area contributed by atoms with Crippen LogP contribution in [0.5, 0.6) is 0 Å². The van der Waals surface area contributed by atoms with Crippen LogP contribution in [-0.2, 0) is 0 Å². The Morgan fingerprint density at radius 1 is 1.21 bits per heavy atom. The van der Waals surface area contributed by atoms with Crippen molar-refractivity contribution < 1.29 is 14.7 Å². The Bertz CT molecular complexity index is 898. The largest absolute Gasteiger partial charge is 0.477 e. The molecule has 8 heteroatoms. The van der Waals surface area contributed by atoms with Crippen molar-refractivity contribution in [3.8, 4) is 5.69 Å². The smallest absolute Gasteiger partial charge is 0.341 e. The van der Waals surface area contributed by atoms with Gasteiger partial charge in [-0.25, -0.2) is 4.79 Å². The number of carboxylic acids is 1. The number of carbonyl (C=O) groups is 2. The molecule has 0 fully saturated rings. The standard InChI is InChI=1S/C16H14Cl2N2O4/c1-16(2,3)13(21)10-7-8(15(23)24)14(22)20(19-10)11-6-4-5-9(17)12(11)18/h4-7H,1-3H3,(H,23,24). The van der Waals surface area contributed by atoms with Crippen LogP contribution in [0.1, 0.15) is 41.6 Å². The summed E-state index contributed by atoms with van der Waals surface area (Å²) in [6.07, 6.45) is 0. The minimum atomic E-state index is -1.46. The summed E-state index contributed by atoms with van der Waals surface area (Å²) in [5.74, 6) is -1.87. The van der Waals surface area contributed by atoms with E-state index in [0.717, 1.165) is 10.7 Å². The average Bonchev–Trinajstić information content (AvgIpc) is 2.48. The molecule has 0 saturated carbocycles. The summed E-state index contributed by atoms with van der Waals surface area (Å²) in [4.78, 5) is 36.2. The van der Waals surface area contributed by atoms with Gasteiger partial charge in [-0.1, -0.05) is 50.0 Å². The van der Waals surface area contributed by atoms with Gasteiger partial charge in [0.15, 0.2) is 5.78 Å². The van der Waals surface area contributed by atoms with Crippen LogP contribution in [0.25, 0.3) is 5.69 Å². The number of benzene rings is 1. The van der Waals surface area contributed by atoms with Crippen LogP contribution < -0.4 is 5.56 Å². The molecule has 0 aliphatic heterocycles. The molecule has 1 heterocycles. The maximum absolute atomic E-state index is 12.5. The van der Waals surface area contributed by atoms with Crippen molar-refractivity contribution in [2.24, 2.45) is 5.41 Å². The van der Waals surface area contributed by atoms with Crippen molar-refractivity contribution in [2.75, 3.05) is 0 Å². The van der Waals surface area contributed by atoms with E-state index < -0.39 is 28.3 Å². The molecule has 2 aromatic rings. The number of nitrogens with zero attached hydrogens (tertiary/aromatic N) is 2. The van der Waals surface area contributed by atoms with Gasteiger partial charge in [-0.3, -0.25) is 9.59 Å². The fraction of sp³-hybridized carbons (Fsp3) is 0.250. The maximum atomic E-state index is 12.5. The number of aromatic nitrogens is 2. The van der Waals surface area contributed by atoms with E-state index in [-0.39, 0.29) is 21.4 Å². The molecule has 0 amide bonds. The summed E-state index contributed by atoms with van der Waals surface area (Å²) < 4.78 is 0.788. The van der Waals surface area contributed by atoms with Gasteiger partial charge in [0, 0.05) is 5.41 Å². The van der Waals surface area contributed by atoms with E-state index in [1.54, 1.807) is 20.8 Å². The zero-order valence-electron chi connectivity index (χ0n) is 13.1. The van der Waals surface area contributed by atoms with Gasteiger partial charge in [0.05, 0.1) is 15.7 Å². The molecule has 0 aliphatic carbocycles. The van der Waals surface area contributed by atoms with E-state index in [1.807, 2.05) is 0 Å². The zero-order valence-corrected chi connectivity index (χ0v) is 14.6. The normalized spacial score (nSPS) is 11.4. The molecular formula is C16H14Cl2N2O4. The molecule has 0 unspecified atom stereocenters. The number of carbonyl (C=O) groups excluding carboxylic acids is 1. The third kappa shape index (κ3) is 3.34. The van der Waals surface area contributed by atoms with Gasteiger partial charge in [-0.15, -0.1) is 0 Å². The van der Waals surface area contributed by atoms with Crippen LogP contribution in [0, 0.1) is 5.41 Å². The van der Waals surface area contributed by atoms with Crippen molar-refractivity contribution >= 4 is 35.0 Å². The molecule has 1 aromatic heterocycles. The number of hydrogen-bond donors (Lipinski definition) is 1. The Morgan fingerprint density at radius 3 is 2.38 bits per heavy atom. The molecular weight excluding hydrogens is 355 g/mol. The Hall–Kier alpha value is -2.18. The molecule has 0 bridgehead atoms. The Labute approximate surface area is 147 Å². The van der Waals surface area contributed by atoms with E-state index in [9.17, 15) is 19.5 Å². The maximum Gasteiger partial charge on any atom is 0.341 e. The van der Waals surface area contributed by atoms with Crippen molar-refractivity contribution in [3.05, 3.63) is 55.9 Å². The van der Waals surface area contributed by atoms with Gasteiger partial charge in [0.1, 0.15) is 11.3 Å². The van der Waals surface area contributed by atoms with Crippen LogP contribution in [0.15, 0.2) is 29.1 Å². The molecule has 24 heavy (non-hydrogen) atoms. The van der Waals surface area contributed by atoms with Gasteiger partial charge in [-0.2, -0.15) is 9.78 Å². The number of hydrogen-bond acceptors (Lipinski definition) is 4. The van der Waals surface area contributed by atoms with Crippen LogP contribution in [-0.4, -0.2) is 26.6 Å². The lowest BCUT2D eigenvalue weighted by atomic mass is 9.88. The van der Waals surface area contributed by atoms with Gasteiger partial charge in [-0.05, 0) is 18.2 Å². The van der Waals surface area contributed by atoms with Gasteiger partial charge in [0.25, 0.3) is 5.56 Å². The molecule has 0 saturated heterocycles. The number of rotatable bonds is 3. The molecule has 6 nitrogen and oxygen atoms in total. The van der Waals surface area contributed by atoms with E-state index >= 15 is 0 Å². The summed E-state index contributed by atoms with van der Waals surface area (Å²) in [5.41, 5.74) is -2.33. The molecule has 0 radical (unpaired) electrons. The summed E-state index contributed by atoms with van der Waals surface area (Å²) in [6.45, 7) is 5.00. The number of halogens is 2. The van der Waals surface area contributed by atoms with E-state index in [0.29, 0.717) is 0 Å². The quantitative estimate of drug-likeness (QED) is 0.837. The predicted octanol–water partition coefficient (Wildman–Crippen LogP) is 3.47. The Balaban J connectivity index is 2.83. The predicted molar refractivity (Wildman–Crippen MR) is 90.6 cm³/mol. The number of ketones is 1. The highest BCUT2D eigenvalue weighted by atomic mass is 35.5. The van der Waals surface area contributed by atoms with Gasteiger partial charge in [0.2, 0.25) is 0 Å². The molecule has 2 rings (SSSR count). The third-order valence-corrected chi connectivity index (χ3v) is 4.02. The summed E-state index contributed by atoms with van der Waals surface area (Å²) in [5, 5.41) is 13.5. The van der Waals surface area contributed by atoms with Gasteiger partial charge < -0.3 is 5.11 Å². The van der Waals surface area contributed by atoms with Crippen LogP contribution in [0.3, 0.4) is 0 Å². The van der Waals surface area contributed by atoms with Crippen LogP contribution in [0.4, 0.5) is 0 Å². The van der Waals surface area contributed by atoms with E-state index in [2.05, 4.69) is 5.10 Å². The van der Waals surface area contributed by atoms with E-state index in [1.165, 1.54) is 18.2 Å². The van der Waals surface area contributed by atoms with Crippen molar-refractivity contribution in [3.63, 3.8) is 0 Å². The number of carboxylic acid groups (broad SMARTS) is 1. The summed E-state index contributed by atoms with van der Waals surface area (Å²) in [7, 11) is 0. The summed E-state index contributed by atoms with van der Waals surface area (Å²) >= 11 is 12.0. The number of aromatic carboxylic acids is 1. The highest BCUT2D eigenvalue weighted by Gasteiger charge is 2.27. The second kappa shape index (κ2) is 6.37. The fourth-order valence-corrected chi connectivity index (χ4v) is 2.34. The monoisotopic (exact) mass is 368 g/mol. The SMILES string of the molecule is CC(C)(C)C(=O)c1cc(C(=O)O)c(=O)n(-c2cccc(Cl)c2Cl)n1.